The van der Waals surface area contributed by atoms with E-state index in [9.17, 15) is 4.79 Å². The van der Waals surface area contributed by atoms with Crippen molar-refractivity contribution in [2.75, 3.05) is 0 Å². The van der Waals surface area contributed by atoms with E-state index in [4.69, 9.17) is 12.2 Å². The van der Waals surface area contributed by atoms with Crippen molar-refractivity contribution in [1.29, 1.82) is 0 Å². The van der Waals surface area contributed by atoms with Crippen LogP contribution in [0.5, 0.6) is 0 Å². The van der Waals surface area contributed by atoms with E-state index in [1.54, 1.807) is 0 Å². The van der Waals surface area contributed by atoms with Gasteiger partial charge in [-0.05, 0) is 37.5 Å². The first-order valence-corrected chi connectivity index (χ1v) is 7.24. The number of benzene rings is 1. The molecule has 19 heavy (non-hydrogen) atoms. The van der Waals surface area contributed by atoms with Crippen molar-refractivity contribution in [1.82, 2.24) is 10.6 Å². The van der Waals surface area contributed by atoms with E-state index in [1.807, 2.05) is 37.3 Å². The Labute approximate surface area is 119 Å². The monoisotopic (exact) mass is 276 g/mol. The molecule has 0 spiro atoms. The molecule has 1 aliphatic rings. The molecular formula is C15H20N2OS. The maximum atomic E-state index is 11.9. The molecule has 3 nitrogen and oxygen atoms in total. The van der Waals surface area contributed by atoms with Gasteiger partial charge in [-0.15, -0.1) is 0 Å². The third-order valence-electron chi connectivity index (χ3n) is 3.61. The molecule has 0 aliphatic heterocycles. The average molecular weight is 276 g/mol. The van der Waals surface area contributed by atoms with Crippen LogP contribution in [0.15, 0.2) is 30.3 Å². The molecule has 4 heteroatoms. The molecule has 0 saturated heterocycles. The summed E-state index contributed by atoms with van der Waals surface area (Å²) in [7, 11) is 0. The van der Waals surface area contributed by atoms with Gasteiger partial charge in [0.2, 0.25) is 5.91 Å². The second-order valence-corrected chi connectivity index (χ2v) is 5.48. The first kappa shape index (κ1) is 14.0. The third-order valence-corrected chi connectivity index (χ3v) is 3.83. The average Bonchev–Trinajstić information content (AvgIpc) is 2.93. The molecule has 1 aromatic carbocycles. The number of amides is 1. The highest BCUT2D eigenvalue weighted by Gasteiger charge is 2.23. The molecule has 0 aromatic heterocycles. The number of carbonyl (C=O) groups excluding carboxylic acids is 1. The molecule has 1 aromatic rings. The van der Waals surface area contributed by atoms with Crippen LogP contribution in [0.4, 0.5) is 0 Å². The van der Waals surface area contributed by atoms with Crippen LogP contribution in [-0.2, 0) is 4.79 Å². The minimum absolute atomic E-state index is 0.0651. The molecule has 0 heterocycles. The van der Waals surface area contributed by atoms with Gasteiger partial charge < -0.3 is 10.6 Å². The number of hydrogen-bond acceptors (Lipinski definition) is 2. The van der Waals surface area contributed by atoms with Crippen molar-refractivity contribution in [3.8, 4) is 0 Å². The molecule has 1 fully saturated rings. The number of rotatable bonds is 3. The lowest BCUT2D eigenvalue weighted by Crippen LogP contribution is -2.42. The van der Waals surface area contributed by atoms with Gasteiger partial charge in [0, 0.05) is 5.92 Å². The van der Waals surface area contributed by atoms with Gasteiger partial charge in [0.05, 0.1) is 6.04 Å². The summed E-state index contributed by atoms with van der Waals surface area (Å²) in [5, 5.41) is 6.38. The zero-order valence-electron chi connectivity index (χ0n) is 11.2. The molecule has 0 bridgehead atoms. The van der Waals surface area contributed by atoms with E-state index in [1.165, 1.54) is 0 Å². The molecule has 0 unspecified atom stereocenters. The van der Waals surface area contributed by atoms with Gasteiger partial charge in [0.25, 0.3) is 0 Å². The largest absolute Gasteiger partial charge is 0.356 e. The van der Waals surface area contributed by atoms with Crippen LogP contribution in [0.1, 0.15) is 44.2 Å². The van der Waals surface area contributed by atoms with E-state index in [2.05, 4.69) is 10.6 Å². The highest BCUT2D eigenvalue weighted by atomic mass is 32.1. The van der Waals surface area contributed by atoms with Crippen LogP contribution in [0, 0.1) is 5.92 Å². The minimum atomic E-state index is 0.0651. The Kier molecular flexibility index (Phi) is 4.91. The van der Waals surface area contributed by atoms with Crippen molar-refractivity contribution in [3.63, 3.8) is 0 Å². The van der Waals surface area contributed by atoms with Crippen molar-refractivity contribution in [3.05, 3.63) is 35.9 Å². The van der Waals surface area contributed by atoms with Crippen LogP contribution >= 0.6 is 12.2 Å². The van der Waals surface area contributed by atoms with Crippen molar-refractivity contribution in [2.45, 2.75) is 38.6 Å². The fourth-order valence-corrected chi connectivity index (χ4v) is 2.74. The molecule has 1 saturated carbocycles. The van der Waals surface area contributed by atoms with Crippen LogP contribution in [0.2, 0.25) is 0 Å². The predicted molar refractivity (Wildman–Crippen MR) is 80.7 cm³/mol. The fourth-order valence-electron chi connectivity index (χ4n) is 2.46. The van der Waals surface area contributed by atoms with Crippen molar-refractivity contribution < 1.29 is 4.79 Å². The Morgan fingerprint density at radius 1 is 1.26 bits per heavy atom. The maximum absolute atomic E-state index is 11.9. The van der Waals surface area contributed by atoms with Crippen LogP contribution in [-0.4, -0.2) is 11.0 Å². The van der Waals surface area contributed by atoms with Gasteiger partial charge in [-0.3, -0.25) is 4.79 Å². The first-order valence-electron chi connectivity index (χ1n) is 6.83. The van der Waals surface area contributed by atoms with Gasteiger partial charge in [-0.25, -0.2) is 0 Å². The van der Waals surface area contributed by atoms with E-state index in [0.29, 0.717) is 5.11 Å². The summed E-state index contributed by atoms with van der Waals surface area (Å²) < 4.78 is 0. The third kappa shape index (κ3) is 4.03. The minimum Gasteiger partial charge on any atom is -0.356 e. The standard InChI is InChI=1S/C15H20N2OS/c1-11(12-7-3-2-4-8-12)16-15(19)17-14(18)13-9-5-6-10-13/h2-4,7-8,11,13H,5-6,9-10H2,1H3,(H2,16,17,18,19)/t11-/m0/s1. The van der Waals surface area contributed by atoms with E-state index in [0.717, 1.165) is 31.2 Å². The van der Waals surface area contributed by atoms with Gasteiger partial charge in [0.15, 0.2) is 5.11 Å². The van der Waals surface area contributed by atoms with E-state index < -0.39 is 0 Å². The normalized spacial score (nSPS) is 16.9. The maximum Gasteiger partial charge on any atom is 0.229 e. The molecule has 1 atom stereocenters. The summed E-state index contributed by atoms with van der Waals surface area (Å²) in [6, 6.07) is 10.1. The molecule has 0 radical (unpaired) electrons. The van der Waals surface area contributed by atoms with Gasteiger partial charge >= 0.3 is 0 Å². The number of hydrogen-bond donors (Lipinski definition) is 2. The van der Waals surface area contributed by atoms with Gasteiger partial charge in [0.1, 0.15) is 0 Å². The zero-order valence-corrected chi connectivity index (χ0v) is 12.0. The van der Waals surface area contributed by atoms with Crippen molar-refractivity contribution in [2.24, 2.45) is 5.92 Å². The predicted octanol–water partition coefficient (Wildman–Crippen LogP) is 2.93. The molecular weight excluding hydrogens is 256 g/mol. The number of carbonyl (C=O) groups is 1. The SMILES string of the molecule is C[C@H](NC(=S)NC(=O)C1CCCC1)c1ccccc1. The van der Waals surface area contributed by atoms with Crippen LogP contribution in [0.3, 0.4) is 0 Å². The quantitative estimate of drug-likeness (QED) is 0.834. The Bertz CT molecular complexity index is 441. The molecule has 2 N–H and O–H groups in total. The smallest absolute Gasteiger partial charge is 0.229 e. The Morgan fingerprint density at radius 3 is 2.53 bits per heavy atom. The molecule has 1 aliphatic carbocycles. The molecule has 2 rings (SSSR count). The lowest BCUT2D eigenvalue weighted by Gasteiger charge is -2.18. The lowest BCUT2D eigenvalue weighted by molar-refractivity contribution is -0.123. The Morgan fingerprint density at radius 2 is 1.89 bits per heavy atom. The summed E-state index contributed by atoms with van der Waals surface area (Å²) >= 11 is 5.20. The second-order valence-electron chi connectivity index (χ2n) is 5.08. The topological polar surface area (TPSA) is 41.1 Å². The molecule has 1 amide bonds. The van der Waals surface area contributed by atoms with E-state index >= 15 is 0 Å². The first-order chi connectivity index (χ1) is 9.16. The summed E-state index contributed by atoms with van der Waals surface area (Å²) in [5.41, 5.74) is 1.15. The van der Waals surface area contributed by atoms with Gasteiger partial charge in [-0.1, -0.05) is 43.2 Å². The second kappa shape index (κ2) is 6.66. The lowest BCUT2D eigenvalue weighted by atomic mass is 10.1. The highest BCUT2D eigenvalue weighted by Crippen LogP contribution is 2.24. The fraction of sp³-hybridized carbons (Fsp3) is 0.467. The molecule has 102 valence electrons. The van der Waals surface area contributed by atoms with E-state index in [-0.39, 0.29) is 17.9 Å². The summed E-state index contributed by atoms with van der Waals surface area (Å²) in [5.74, 6) is 0.210. The number of thiocarbonyl (C=S) groups is 1. The van der Waals surface area contributed by atoms with Crippen molar-refractivity contribution >= 4 is 23.2 Å². The summed E-state index contributed by atoms with van der Waals surface area (Å²) in [4.78, 5) is 11.9. The Hall–Kier alpha value is -1.42. The van der Waals surface area contributed by atoms with Crippen LogP contribution in [0.25, 0.3) is 0 Å². The zero-order chi connectivity index (χ0) is 13.7. The summed E-state index contributed by atoms with van der Waals surface area (Å²) in [6.07, 6.45) is 4.28. The van der Waals surface area contributed by atoms with Crippen LogP contribution < -0.4 is 10.6 Å². The highest BCUT2D eigenvalue weighted by molar-refractivity contribution is 7.80. The van der Waals surface area contributed by atoms with Gasteiger partial charge in [-0.2, -0.15) is 0 Å². The summed E-state index contributed by atoms with van der Waals surface area (Å²) in [6.45, 7) is 2.03. The number of nitrogens with one attached hydrogen (secondary N) is 2. The Balaban J connectivity index is 1.82.